The van der Waals surface area contributed by atoms with E-state index in [1.54, 1.807) is 4.52 Å². The monoisotopic (exact) mass is 275 g/mol. The fourth-order valence-electron chi connectivity index (χ4n) is 2.50. The molecular weight excluding hydrogens is 250 g/mol. The molecule has 0 unspecified atom stereocenters. The van der Waals surface area contributed by atoms with Crippen molar-refractivity contribution in [3.8, 4) is 0 Å². The molecule has 5 nitrogen and oxygen atoms in total. The molecule has 0 aliphatic carbocycles. The van der Waals surface area contributed by atoms with Crippen LogP contribution in [0, 0.1) is 0 Å². The molecule has 0 bridgehead atoms. The van der Waals surface area contributed by atoms with E-state index in [-0.39, 0.29) is 0 Å². The maximum atomic E-state index is 6.27. The van der Waals surface area contributed by atoms with Crippen LogP contribution in [0.2, 0.25) is 0 Å². The van der Waals surface area contributed by atoms with Gasteiger partial charge in [-0.05, 0) is 25.7 Å². The Morgan fingerprint density at radius 1 is 1.05 bits per heavy atom. The molecule has 5 heteroatoms. The molecule has 2 rings (SSSR count). The summed E-state index contributed by atoms with van der Waals surface area (Å²) in [7, 11) is 0. The van der Waals surface area contributed by atoms with Gasteiger partial charge >= 0.3 is 0 Å². The van der Waals surface area contributed by atoms with E-state index in [4.69, 9.17) is 5.73 Å². The van der Waals surface area contributed by atoms with Crippen molar-refractivity contribution in [1.29, 1.82) is 0 Å². The fraction of sp³-hybridized carbons (Fsp3) is 0.667. The van der Waals surface area contributed by atoms with E-state index < -0.39 is 0 Å². The molecule has 0 aromatic carbocycles. The van der Waals surface area contributed by atoms with Crippen LogP contribution >= 0.6 is 0 Å². The Labute approximate surface area is 120 Å². The lowest BCUT2D eigenvalue weighted by atomic mass is 10.0. The van der Waals surface area contributed by atoms with Crippen LogP contribution < -0.4 is 5.73 Å². The van der Waals surface area contributed by atoms with Crippen LogP contribution in [0.5, 0.6) is 0 Å². The molecule has 20 heavy (non-hydrogen) atoms. The highest BCUT2D eigenvalue weighted by molar-refractivity contribution is 5.49. The molecule has 0 spiro atoms. The lowest BCUT2D eigenvalue weighted by Gasteiger charge is -2.12. The lowest BCUT2D eigenvalue weighted by Crippen LogP contribution is -2.10. The third-order valence-electron chi connectivity index (χ3n) is 3.70. The van der Waals surface area contributed by atoms with Crippen molar-refractivity contribution >= 4 is 11.6 Å². The molecule has 2 heterocycles. The molecule has 110 valence electrons. The SMILES string of the molecule is CCCCCCc1c(CCCC)nc2ncnn2c1N. The number of nitrogens with two attached hydrogens (primary N) is 1. The quantitative estimate of drug-likeness (QED) is 0.751. The molecule has 0 amide bonds. The zero-order chi connectivity index (χ0) is 14.4. The summed E-state index contributed by atoms with van der Waals surface area (Å²) in [5.41, 5.74) is 8.56. The van der Waals surface area contributed by atoms with Crippen molar-refractivity contribution in [3.63, 3.8) is 0 Å². The lowest BCUT2D eigenvalue weighted by molar-refractivity contribution is 0.658. The van der Waals surface area contributed by atoms with Crippen molar-refractivity contribution in [2.75, 3.05) is 5.73 Å². The van der Waals surface area contributed by atoms with Crippen molar-refractivity contribution in [2.24, 2.45) is 0 Å². The highest BCUT2D eigenvalue weighted by Gasteiger charge is 2.13. The summed E-state index contributed by atoms with van der Waals surface area (Å²) in [4.78, 5) is 8.80. The molecular formula is C15H25N5. The third kappa shape index (κ3) is 3.26. The number of fused-ring (bicyclic) bond motifs is 1. The zero-order valence-electron chi connectivity index (χ0n) is 12.6. The molecule has 2 N–H and O–H groups in total. The summed E-state index contributed by atoms with van der Waals surface area (Å²) in [6, 6.07) is 0. The number of nitrogen functional groups attached to an aromatic ring is 1. The molecule has 0 aliphatic rings. The number of hydrogen-bond donors (Lipinski definition) is 1. The van der Waals surface area contributed by atoms with Gasteiger partial charge in [-0.3, -0.25) is 0 Å². The van der Waals surface area contributed by atoms with Gasteiger partial charge in [0.05, 0.1) is 5.69 Å². The van der Waals surface area contributed by atoms with Gasteiger partial charge < -0.3 is 5.73 Å². The molecule has 0 aliphatic heterocycles. The topological polar surface area (TPSA) is 69.1 Å². The van der Waals surface area contributed by atoms with Crippen LogP contribution in [0.25, 0.3) is 5.78 Å². The molecule has 0 saturated heterocycles. The molecule has 0 saturated carbocycles. The van der Waals surface area contributed by atoms with Gasteiger partial charge in [0.15, 0.2) is 0 Å². The van der Waals surface area contributed by atoms with Gasteiger partial charge in [-0.25, -0.2) is 4.98 Å². The Balaban J connectivity index is 2.24. The Morgan fingerprint density at radius 2 is 1.85 bits per heavy atom. The third-order valence-corrected chi connectivity index (χ3v) is 3.70. The smallest absolute Gasteiger partial charge is 0.254 e. The van der Waals surface area contributed by atoms with E-state index in [1.165, 1.54) is 37.6 Å². The molecule has 0 fully saturated rings. The molecule has 2 aromatic heterocycles. The summed E-state index contributed by atoms with van der Waals surface area (Å²) < 4.78 is 1.66. The average molecular weight is 275 g/mol. The maximum absolute atomic E-state index is 6.27. The minimum absolute atomic E-state index is 0.617. The summed E-state index contributed by atoms with van der Waals surface area (Å²) in [6.07, 6.45) is 10.7. The second kappa shape index (κ2) is 7.22. The Bertz CT molecular complexity index is 546. The minimum atomic E-state index is 0.617. The van der Waals surface area contributed by atoms with E-state index in [9.17, 15) is 0 Å². The van der Waals surface area contributed by atoms with Crippen LogP contribution in [-0.2, 0) is 12.8 Å². The first-order valence-electron chi connectivity index (χ1n) is 7.74. The standard InChI is InChI=1S/C15H25N5/c1-3-5-7-8-9-12-13(10-6-4-2)19-15-17-11-18-20(15)14(12)16/h11H,3-10,16H2,1-2H3. The molecule has 0 atom stereocenters. The van der Waals surface area contributed by atoms with Gasteiger partial charge in [0, 0.05) is 5.56 Å². The molecule has 0 radical (unpaired) electrons. The number of hydrogen-bond acceptors (Lipinski definition) is 4. The van der Waals surface area contributed by atoms with Crippen LogP contribution in [0.1, 0.15) is 63.6 Å². The first kappa shape index (κ1) is 14.8. The van der Waals surface area contributed by atoms with Gasteiger partial charge in [-0.15, -0.1) is 0 Å². The fourth-order valence-corrected chi connectivity index (χ4v) is 2.50. The Morgan fingerprint density at radius 3 is 2.60 bits per heavy atom. The summed E-state index contributed by atoms with van der Waals surface area (Å²) in [5.74, 6) is 1.33. The summed E-state index contributed by atoms with van der Waals surface area (Å²) in [5, 5.41) is 4.16. The highest BCUT2D eigenvalue weighted by Crippen LogP contribution is 2.21. The maximum Gasteiger partial charge on any atom is 0.254 e. The summed E-state index contributed by atoms with van der Waals surface area (Å²) in [6.45, 7) is 4.42. The predicted octanol–water partition coefficient (Wildman–Crippen LogP) is 3.17. The van der Waals surface area contributed by atoms with E-state index >= 15 is 0 Å². The number of unbranched alkanes of at least 4 members (excludes halogenated alkanes) is 4. The predicted molar refractivity (Wildman–Crippen MR) is 81.7 cm³/mol. The largest absolute Gasteiger partial charge is 0.383 e. The van der Waals surface area contributed by atoms with Gasteiger partial charge in [-0.2, -0.15) is 14.6 Å². The number of rotatable bonds is 8. The number of nitrogens with zero attached hydrogens (tertiary/aromatic N) is 4. The van der Waals surface area contributed by atoms with Gasteiger partial charge in [0.25, 0.3) is 5.78 Å². The Kier molecular flexibility index (Phi) is 5.32. The van der Waals surface area contributed by atoms with Crippen molar-refractivity contribution < 1.29 is 0 Å². The van der Waals surface area contributed by atoms with Crippen LogP contribution in [0.15, 0.2) is 6.33 Å². The van der Waals surface area contributed by atoms with E-state index in [0.717, 1.165) is 37.2 Å². The normalized spacial score (nSPS) is 11.3. The average Bonchev–Trinajstić information content (AvgIpc) is 2.92. The number of anilines is 1. The van der Waals surface area contributed by atoms with Crippen LogP contribution in [0.4, 0.5) is 5.82 Å². The summed E-state index contributed by atoms with van der Waals surface area (Å²) >= 11 is 0. The first-order chi connectivity index (χ1) is 9.77. The van der Waals surface area contributed by atoms with Crippen molar-refractivity contribution in [2.45, 2.75) is 65.2 Å². The van der Waals surface area contributed by atoms with Gasteiger partial charge in [-0.1, -0.05) is 39.5 Å². The van der Waals surface area contributed by atoms with Crippen LogP contribution in [0.3, 0.4) is 0 Å². The van der Waals surface area contributed by atoms with E-state index in [0.29, 0.717) is 5.78 Å². The zero-order valence-corrected chi connectivity index (χ0v) is 12.6. The number of aromatic nitrogens is 4. The minimum Gasteiger partial charge on any atom is -0.383 e. The van der Waals surface area contributed by atoms with Gasteiger partial charge in [0.2, 0.25) is 0 Å². The van der Waals surface area contributed by atoms with Crippen molar-refractivity contribution in [3.05, 3.63) is 17.6 Å². The van der Waals surface area contributed by atoms with Crippen molar-refractivity contribution in [1.82, 2.24) is 19.6 Å². The van der Waals surface area contributed by atoms with E-state index in [2.05, 4.69) is 28.9 Å². The van der Waals surface area contributed by atoms with E-state index in [1.807, 2.05) is 0 Å². The first-order valence-corrected chi connectivity index (χ1v) is 7.74. The van der Waals surface area contributed by atoms with Gasteiger partial charge in [0.1, 0.15) is 12.1 Å². The molecule has 2 aromatic rings. The second-order valence-corrected chi connectivity index (χ2v) is 5.31. The van der Waals surface area contributed by atoms with Crippen LogP contribution in [-0.4, -0.2) is 19.6 Å². The second-order valence-electron chi connectivity index (χ2n) is 5.31. The highest BCUT2D eigenvalue weighted by atomic mass is 15.3. The Hall–Kier alpha value is -1.65. The number of aryl methyl sites for hydroxylation is 1.